The van der Waals surface area contributed by atoms with Gasteiger partial charge in [0.15, 0.2) is 0 Å². The number of carbonyl (C=O) groups excluding carboxylic acids is 2. The third-order valence-electron chi connectivity index (χ3n) is 4.65. The second kappa shape index (κ2) is 9.94. The van der Waals surface area contributed by atoms with Crippen molar-refractivity contribution in [3.8, 4) is 5.75 Å². The van der Waals surface area contributed by atoms with Crippen molar-refractivity contribution < 1.29 is 14.3 Å². The minimum Gasteiger partial charge on any atom is -0.495 e. The lowest BCUT2D eigenvalue weighted by Crippen LogP contribution is -2.35. The molecule has 0 saturated heterocycles. The predicted molar refractivity (Wildman–Crippen MR) is 119 cm³/mol. The van der Waals surface area contributed by atoms with Crippen molar-refractivity contribution in [1.29, 1.82) is 0 Å². The van der Waals surface area contributed by atoms with Crippen LogP contribution in [0.15, 0.2) is 72.8 Å². The van der Waals surface area contributed by atoms with E-state index in [0.29, 0.717) is 28.4 Å². The van der Waals surface area contributed by atoms with Gasteiger partial charge in [0.25, 0.3) is 5.91 Å². The van der Waals surface area contributed by atoms with Crippen molar-refractivity contribution in [1.82, 2.24) is 4.90 Å². The number of nitrogens with one attached hydrogen (secondary N) is 1. The predicted octanol–water partition coefficient (Wildman–Crippen LogP) is 4.65. The maximum Gasteiger partial charge on any atom is 0.254 e. The van der Waals surface area contributed by atoms with Gasteiger partial charge in [-0.1, -0.05) is 60.1 Å². The van der Waals surface area contributed by atoms with Gasteiger partial charge in [-0.2, -0.15) is 0 Å². The van der Waals surface area contributed by atoms with E-state index in [1.807, 2.05) is 48.5 Å². The number of nitrogens with zero attached hydrogens (tertiary/aromatic N) is 1. The van der Waals surface area contributed by atoms with Crippen molar-refractivity contribution >= 4 is 29.1 Å². The second-order valence-corrected chi connectivity index (χ2v) is 7.31. The topological polar surface area (TPSA) is 58.6 Å². The summed E-state index contributed by atoms with van der Waals surface area (Å²) < 4.78 is 5.24. The number of methoxy groups -OCH3 is 1. The van der Waals surface area contributed by atoms with Crippen LogP contribution in [-0.4, -0.2) is 37.4 Å². The van der Waals surface area contributed by atoms with E-state index >= 15 is 0 Å². The molecule has 3 rings (SSSR count). The van der Waals surface area contributed by atoms with Gasteiger partial charge in [0.1, 0.15) is 5.75 Å². The highest BCUT2D eigenvalue weighted by Crippen LogP contribution is 2.27. The summed E-state index contributed by atoms with van der Waals surface area (Å²) in [6, 6.07) is 22.4. The summed E-state index contributed by atoms with van der Waals surface area (Å²) in [6.07, 6.45) is 0.641. The molecular weight excluding hydrogens is 400 g/mol. The monoisotopic (exact) mass is 422 g/mol. The van der Waals surface area contributed by atoms with E-state index in [9.17, 15) is 9.59 Å². The highest BCUT2D eigenvalue weighted by molar-refractivity contribution is 6.31. The highest BCUT2D eigenvalue weighted by atomic mass is 35.5. The van der Waals surface area contributed by atoms with Crippen molar-refractivity contribution in [3.05, 3.63) is 94.5 Å². The summed E-state index contributed by atoms with van der Waals surface area (Å²) in [7, 11) is 3.12. The number of rotatable bonds is 7. The Bertz CT molecular complexity index is 1040. The van der Waals surface area contributed by atoms with Gasteiger partial charge in [0.05, 0.1) is 19.3 Å². The number of amides is 2. The molecule has 5 nitrogen and oxygen atoms in total. The van der Waals surface area contributed by atoms with Crippen LogP contribution >= 0.6 is 11.6 Å². The first-order valence-corrected chi connectivity index (χ1v) is 9.86. The maximum absolute atomic E-state index is 13.0. The zero-order valence-corrected chi connectivity index (χ0v) is 17.6. The Hall–Kier alpha value is -3.31. The largest absolute Gasteiger partial charge is 0.495 e. The molecule has 6 heteroatoms. The van der Waals surface area contributed by atoms with Crippen LogP contribution in [0.5, 0.6) is 5.75 Å². The van der Waals surface area contributed by atoms with E-state index in [1.54, 1.807) is 31.3 Å². The first-order chi connectivity index (χ1) is 14.5. The maximum atomic E-state index is 13.0. The average molecular weight is 423 g/mol. The minimum atomic E-state index is -0.341. The van der Waals surface area contributed by atoms with Crippen LogP contribution in [0.4, 0.5) is 5.69 Å². The molecule has 3 aromatic rings. The molecule has 0 aliphatic carbocycles. The first kappa shape index (κ1) is 21.4. The van der Waals surface area contributed by atoms with Gasteiger partial charge in [0.2, 0.25) is 5.91 Å². The minimum absolute atomic E-state index is 0.103. The Morgan fingerprint density at radius 3 is 2.43 bits per heavy atom. The molecule has 0 aromatic heterocycles. The zero-order valence-electron chi connectivity index (χ0n) is 16.9. The molecule has 30 heavy (non-hydrogen) atoms. The lowest BCUT2D eigenvalue weighted by atomic mass is 9.99. The third-order valence-corrected chi connectivity index (χ3v) is 4.88. The van der Waals surface area contributed by atoms with Crippen LogP contribution in [0.2, 0.25) is 5.02 Å². The molecule has 0 unspecified atom stereocenters. The Kier molecular flexibility index (Phi) is 7.09. The molecule has 0 aliphatic heterocycles. The molecule has 2 amide bonds. The lowest BCUT2D eigenvalue weighted by Gasteiger charge is -2.19. The van der Waals surface area contributed by atoms with Crippen LogP contribution < -0.4 is 10.1 Å². The fourth-order valence-electron chi connectivity index (χ4n) is 3.16. The van der Waals surface area contributed by atoms with Crippen LogP contribution in [-0.2, 0) is 11.2 Å². The fraction of sp³-hybridized carbons (Fsp3) is 0.167. The number of carbonyl (C=O) groups is 2. The summed E-state index contributed by atoms with van der Waals surface area (Å²) >= 11 is 6.01. The molecule has 0 spiro atoms. The number of hydrogen-bond donors (Lipinski definition) is 1. The SMILES string of the molecule is COc1ccc(Cl)cc1NC(=O)CN(C)C(=O)c1ccccc1Cc1ccccc1. The Morgan fingerprint density at radius 1 is 1.00 bits per heavy atom. The van der Waals surface area contributed by atoms with Crippen LogP contribution in [0.3, 0.4) is 0 Å². The van der Waals surface area contributed by atoms with Gasteiger partial charge < -0.3 is 15.0 Å². The van der Waals surface area contributed by atoms with Gasteiger partial charge in [-0.3, -0.25) is 9.59 Å². The summed E-state index contributed by atoms with van der Waals surface area (Å²) in [5.74, 6) is -0.0587. The van der Waals surface area contributed by atoms with Crippen molar-refractivity contribution in [3.63, 3.8) is 0 Å². The molecular formula is C24H23ClN2O3. The molecule has 0 aliphatic rings. The van der Waals surface area contributed by atoms with Gasteiger partial charge in [-0.05, 0) is 41.8 Å². The summed E-state index contributed by atoms with van der Waals surface area (Å²) in [4.78, 5) is 26.9. The Labute approximate surface area is 181 Å². The van der Waals surface area contributed by atoms with E-state index in [1.165, 1.54) is 12.0 Å². The number of hydrogen-bond acceptors (Lipinski definition) is 3. The molecule has 0 fully saturated rings. The van der Waals surface area contributed by atoms with E-state index < -0.39 is 0 Å². The smallest absolute Gasteiger partial charge is 0.254 e. The van der Waals surface area contributed by atoms with Crippen LogP contribution in [0.25, 0.3) is 0 Å². The summed E-state index contributed by atoms with van der Waals surface area (Å²) in [5, 5.41) is 3.23. The highest BCUT2D eigenvalue weighted by Gasteiger charge is 2.19. The molecule has 0 saturated carbocycles. The van der Waals surface area contributed by atoms with E-state index in [-0.39, 0.29) is 18.4 Å². The van der Waals surface area contributed by atoms with Crippen LogP contribution in [0, 0.1) is 0 Å². The number of likely N-dealkylation sites (N-methyl/N-ethyl adjacent to an activating group) is 1. The van der Waals surface area contributed by atoms with Gasteiger partial charge in [-0.15, -0.1) is 0 Å². The Balaban J connectivity index is 1.70. The molecule has 0 heterocycles. The van der Waals surface area contributed by atoms with Crippen molar-refractivity contribution in [2.45, 2.75) is 6.42 Å². The van der Waals surface area contributed by atoms with E-state index in [0.717, 1.165) is 11.1 Å². The summed E-state index contributed by atoms with van der Waals surface area (Å²) in [6.45, 7) is -0.103. The molecule has 1 N–H and O–H groups in total. The molecule has 154 valence electrons. The zero-order chi connectivity index (χ0) is 21.5. The third kappa shape index (κ3) is 5.39. The van der Waals surface area contributed by atoms with Crippen molar-refractivity contribution in [2.75, 3.05) is 26.0 Å². The number of benzene rings is 3. The summed E-state index contributed by atoms with van der Waals surface area (Å²) in [5.41, 5.74) is 3.07. The van der Waals surface area contributed by atoms with Gasteiger partial charge >= 0.3 is 0 Å². The second-order valence-electron chi connectivity index (χ2n) is 6.87. The number of halogens is 1. The van der Waals surface area contributed by atoms with E-state index in [4.69, 9.17) is 16.3 Å². The standard InChI is InChI=1S/C24H23ClN2O3/c1-27(16-23(28)26-21-15-19(25)12-13-22(21)30-2)24(29)20-11-7-6-10-18(20)14-17-8-4-3-5-9-17/h3-13,15H,14,16H2,1-2H3,(H,26,28). The number of anilines is 1. The number of ether oxygens (including phenoxy) is 1. The van der Waals surface area contributed by atoms with Gasteiger partial charge in [0, 0.05) is 17.6 Å². The quantitative estimate of drug-likeness (QED) is 0.603. The fourth-order valence-corrected chi connectivity index (χ4v) is 3.33. The normalized spacial score (nSPS) is 10.4. The van der Waals surface area contributed by atoms with Gasteiger partial charge in [-0.25, -0.2) is 0 Å². The van der Waals surface area contributed by atoms with Crippen LogP contribution in [0.1, 0.15) is 21.5 Å². The lowest BCUT2D eigenvalue weighted by molar-refractivity contribution is -0.116. The molecule has 0 bridgehead atoms. The van der Waals surface area contributed by atoms with Crippen molar-refractivity contribution in [2.24, 2.45) is 0 Å². The average Bonchev–Trinajstić information content (AvgIpc) is 2.74. The first-order valence-electron chi connectivity index (χ1n) is 9.48. The Morgan fingerprint density at radius 2 is 1.70 bits per heavy atom. The molecule has 3 aromatic carbocycles. The molecule has 0 radical (unpaired) electrons. The molecule has 0 atom stereocenters. The van der Waals surface area contributed by atoms with E-state index in [2.05, 4.69) is 5.32 Å².